The predicted octanol–water partition coefficient (Wildman–Crippen LogP) is 7.96. The highest BCUT2D eigenvalue weighted by molar-refractivity contribution is 5.69. The molecule has 390 valence electrons. The van der Waals surface area contributed by atoms with Gasteiger partial charge in [0.1, 0.15) is 54.9 Å². The first-order chi connectivity index (χ1) is 32.6. The maximum atomic E-state index is 13.0. The van der Waals surface area contributed by atoms with Gasteiger partial charge < -0.3 is 64.2 Å². The second kappa shape index (κ2) is 40.7. The van der Waals surface area contributed by atoms with E-state index in [0.717, 1.165) is 83.5 Å². The number of carbonyl (C=O) groups excluding carboxylic acids is 1. The van der Waals surface area contributed by atoms with Crippen molar-refractivity contribution in [1.29, 1.82) is 0 Å². The highest BCUT2D eigenvalue weighted by atomic mass is 16.7. The van der Waals surface area contributed by atoms with E-state index in [4.69, 9.17) is 28.4 Å². The van der Waals surface area contributed by atoms with Crippen molar-refractivity contribution in [3.63, 3.8) is 0 Å². The fourth-order valence-electron chi connectivity index (χ4n) is 8.10. The Morgan fingerprint density at radius 3 is 1.52 bits per heavy atom. The van der Waals surface area contributed by atoms with Crippen molar-refractivity contribution in [2.75, 3.05) is 33.0 Å². The van der Waals surface area contributed by atoms with Gasteiger partial charge in [-0.3, -0.25) is 4.79 Å². The van der Waals surface area contributed by atoms with Crippen LogP contribution in [0.2, 0.25) is 0 Å². The van der Waals surface area contributed by atoms with E-state index < -0.39 is 80.7 Å². The Labute approximate surface area is 403 Å². The quantitative estimate of drug-likeness (QED) is 0.0176. The zero-order valence-electron chi connectivity index (χ0n) is 41.4. The summed E-state index contributed by atoms with van der Waals surface area (Å²) in [5, 5.41) is 72.1. The van der Waals surface area contributed by atoms with Gasteiger partial charge in [0.05, 0.1) is 26.4 Å². The Bertz CT molecular complexity index is 1290. The molecular formula is C53H94O14. The summed E-state index contributed by atoms with van der Waals surface area (Å²) >= 11 is 0. The summed E-state index contributed by atoms with van der Waals surface area (Å²) in [5.41, 5.74) is 0. The van der Waals surface area contributed by atoms with Crippen LogP contribution in [0.5, 0.6) is 0 Å². The van der Waals surface area contributed by atoms with Crippen LogP contribution in [0.3, 0.4) is 0 Å². The van der Waals surface area contributed by atoms with E-state index in [0.29, 0.717) is 13.0 Å². The first-order valence-electron chi connectivity index (χ1n) is 26.2. The zero-order chi connectivity index (χ0) is 48.7. The Balaban J connectivity index is 1.76. The minimum Gasteiger partial charge on any atom is -0.457 e. The summed E-state index contributed by atoms with van der Waals surface area (Å²) in [5.74, 6) is -0.389. The molecule has 0 spiro atoms. The molecule has 0 aromatic rings. The lowest BCUT2D eigenvalue weighted by Crippen LogP contribution is -2.61. The van der Waals surface area contributed by atoms with Gasteiger partial charge in [0.2, 0.25) is 0 Å². The Hall–Kier alpha value is -2.05. The predicted molar refractivity (Wildman–Crippen MR) is 261 cm³/mol. The number of rotatable bonds is 41. The van der Waals surface area contributed by atoms with Gasteiger partial charge in [-0.15, -0.1) is 0 Å². The average Bonchev–Trinajstić information content (AvgIpc) is 3.32. The lowest BCUT2D eigenvalue weighted by atomic mass is 9.98. The fraction of sp³-hybridized carbons (Fsp3) is 0.830. The molecule has 0 bridgehead atoms. The standard InChI is InChI=1S/C53H94O14/c1-3-5-7-9-11-13-15-17-19-20-21-22-23-24-26-28-30-32-34-36-45(55)65-42(39-62-37-35-33-31-29-27-25-18-16-14-12-10-8-6-4-2)40-63-52-51(61)49(59)47(57)44(67-52)41-64-53-50(60)48(58)46(56)43(38-54)66-53/h5,7,11,13,17,19,21-22,42-44,46-54,56-61H,3-4,6,8-10,12,14-16,18,20,23-41H2,1-2H3/b7-5-,13-11-,19-17-,22-21-. The molecule has 2 heterocycles. The Morgan fingerprint density at radius 1 is 0.507 bits per heavy atom. The molecule has 67 heavy (non-hydrogen) atoms. The van der Waals surface area contributed by atoms with Gasteiger partial charge in [0.25, 0.3) is 0 Å². The van der Waals surface area contributed by atoms with Gasteiger partial charge in [-0.1, -0.05) is 172 Å². The number of unbranched alkanes of at least 4 members (excludes halogenated alkanes) is 19. The molecule has 0 amide bonds. The SMILES string of the molecule is CC/C=C\C/C=C\C/C=C\C/C=C\CCCCCCCCC(=O)OC(COCCCCCCCCCCCCCCCC)COC1OC(COC2OC(CO)C(O)C(O)C2O)C(O)C(O)C1O. The minimum absolute atomic E-state index is 0.0567. The molecule has 2 aliphatic rings. The second-order valence-electron chi connectivity index (χ2n) is 18.3. The van der Waals surface area contributed by atoms with Gasteiger partial charge in [-0.05, 0) is 51.4 Å². The summed E-state index contributed by atoms with van der Waals surface area (Å²) in [4.78, 5) is 13.0. The maximum Gasteiger partial charge on any atom is 0.306 e. The number of allylic oxidation sites excluding steroid dienone is 8. The maximum absolute atomic E-state index is 13.0. The van der Waals surface area contributed by atoms with Crippen molar-refractivity contribution in [2.45, 2.75) is 248 Å². The molecule has 11 atom stereocenters. The van der Waals surface area contributed by atoms with Crippen molar-refractivity contribution in [1.82, 2.24) is 0 Å². The van der Waals surface area contributed by atoms with E-state index in [9.17, 15) is 40.5 Å². The third-order valence-electron chi connectivity index (χ3n) is 12.4. The molecule has 0 radical (unpaired) electrons. The average molecular weight is 955 g/mol. The van der Waals surface area contributed by atoms with E-state index in [2.05, 4.69) is 62.5 Å². The van der Waals surface area contributed by atoms with Crippen molar-refractivity contribution in [3.8, 4) is 0 Å². The Morgan fingerprint density at radius 2 is 0.970 bits per heavy atom. The van der Waals surface area contributed by atoms with Gasteiger partial charge in [-0.2, -0.15) is 0 Å². The molecule has 14 heteroatoms. The molecule has 11 unspecified atom stereocenters. The molecule has 7 N–H and O–H groups in total. The largest absolute Gasteiger partial charge is 0.457 e. The van der Waals surface area contributed by atoms with Crippen molar-refractivity contribution in [3.05, 3.63) is 48.6 Å². The molecular weight excluding hydrogens is 861 g/mol. The Kier molecular flexibility index (Phi) is 37.1. The number of aliphatic hydroxyl groups excluding tert-OH is 7. The summed E-state index contributed by atoms with van der Waals surface area (Å²) in [6.07, 6.45) is 30.2. The van der Waals surface area contributed by atoms with Crippen LogP contribution < -0.4 is 0 Å². The van der Waals surface area contributed by atoms with Crippen LogP contribution in [0.4, 0.5) is 0 Å². The first kappa shape index (κ1) is 61.1. The van der Waals surface area contributed by atoms with Gasteiger partial charge in [-0.25, -0.2) is 0 Å². The smallest absolute Gasteiger partial charge is 0.306 e. The molecule has 2 fully saturated rings. The van der Waals surface area contributed by atoms with Gasteiger partial charge in [0.15, 0.2) is 12.6 Å². The van der Waals surface area contributed by atoms with Crippen LogP contribution in [0.25, 0.3) is 0 Å². The van der Waals surface area contributed by atoms with E-state index in [1.54, 1.807) is 0 Å². The van der Waals surface area contributed by atoms with E-state index in [1.807, 2.05) is 0 Å². The summed E-state index contributed by atoms with van der Waals surface area (Å²) < 4.78 is 34.3. The molecule has 0 saturated carbocycles. The molecule has 2 aliphatic heterocycles. The highest BCUT2D eigenvalue weighted by Crippen LogP contribution is 2.26. The second-order valence-corrected chi connectivity index (χ2v) is 18.3. The zero-order valence-corrected chi connectivity index (χ0v) is 41.4. The van der Waals surface area contributed by atoms with Crippen LogP contribution in [-0.2, 0) is 33.2 Å². The van der Waals surface area contributed by atoms with Crippen molar-refractivity contribution in [2.24, 2.45) is 0 Å². The summed E-state index contributed by atoms with van der Waals surface area (Å²) in [6, 6.07) is 0. The van der Waals surface area contributed by atoms with Crippen LogP contribution in [0.1, 0.15) is 181 Å². The number of aliphatic hydroxyl groups is 7. The molecule has 0 aliphatic carbocycles. The lowest BCUT2D eigenvalue weighted by Gasteiger charge is -2.42. The number of ether oxygens (including phenoxy) is 6. The fourth-order valence-corrected chi connectivity index (χ4v) is 8.10. The van der Waals surface area contributed by atoms with E-state index >= 15 is 0 Å². The van der Waals surface area contributed by atoms with Crippen LogP contribution in [-0.4, -0.2) is 142 Å². The molecule has 2 saturated heterocycles. The summed E-state index contributed by atoms with van der Waals surface area (Å²) in [7, 11) is 0. The number of esters is 1. The third kappa shape index (κ3) is 28.4. The number of carbonyl (C=O) groups is 1. The summed E-state index contributed by atoms with van der Waals surface area (Å²) in [6.45, 7) is 3.56. The van der Waals surface area contributed by atoms with Crippen LogP contribution in [0, 0.1) is 0 Å². The third-order valence-corrected chi connectivity index (χ3v) is 12.4. The molecule has 0 aromatic carbocycles. The molecule has 2 rings (SSSR count). The topological polar surface area (TPSA) is 214 Å². The monoisotopic (exact) mass is 955 g/mol. The number of hydrogen-bond donors (Lipinski definition) is 7. The van der Waals surface area contributed by atoms with Crippen molar-refractivity contribution < 1.29 is 69.0 Å². The van der Waals surface area contributed by atoms with Gasteiger partial charge >= 0.3 is 5.97 Å². The highest BCUT2D eigenvalue weighted by Gasteiger charge is 2.47. The first-order valence-corrected chi connectivity index (χ1v) is 26.2. The minimum atomic E-state index is -1.71. The number of hydrogen-bond acceptors (Lipinski definition) is 14. The van der Waals surface area contributed by atoms with Gasteiger partial charge in [0, 0.05) is 13.0 Å². The van der Waals surface area contributed by atoms with Crippen LogP contribution >= 0.6 is 0 Å². The van der Waals surface area contributed by atoms with Crippen LogP contribution in [0.15, 0.2) is 48.6 Å². The van der Waals surface area contributed by atoms with E-state index in [-0.39, 0.29) is 25.6 Å². The molecule has 14 nitrogen and oxygen atoms in total. The molecule has 0 aromatic heterocycles. The van der Waals surface area contributed by atoms with E-state index in [1.165, 1.54) is 70.6 Å². The normalized spacial score (nSPS) is 26.5. The lowest BCUT2D eigenvalue weighted by molar-refractivity contribution is -0.332. The van der Waals surface area contributed by atoms with Crippen molar-refractivity contribution >= 4 is 5.97 Å².